The van der Waals surface area contributed by atoms with Gasteiger partial charge in [0, 0.05) is 30.9 Å². The van der Waals surface area contributed by atoms with E-state index in [1.807, 2.05) is 6.07 Å². The number of ether oxygens (including phenoxy) is 3. The highest BCUT2D eigenvalue weighted by atomic mass is 16.6. The Balaban J connectivity index is 1.69. The van der Waals surface area contributed by atoms with Gasteiger partial charge in [-0.05, 0) is 56.8 Å². The van der Waals surface area contributed by atoms with Crippen LogP contribution in [0.4, 0.5) is 0 Å². The smallest absolute Gasteiger partial charge is 0.308 e. The monoisotopic (exact) mass is 371 g/mol. The van der Waals surface area contributed by atoms with Crippen LogP contribution in [0.1, 0.15) is 44.2 Å². The van der Waals surface area contributed by atoms with Crippen molar-refractivity contribution in [3.05, 3.63) is 23.3 Å². The number of likely N-dealkylation sites (tertiary alicyclic amines) is 1. The maximum atomic E-state index is 11.7. The van der Waals surface area contributed by atoms with Gasteiger partial charge in [-0.15, -0.1) is 0 Å². The summed E-state index contributed by atoms with van der Waals surface area (Å²) in [5.74, 6) is 1.03. The van der Waals surface area contributed by atoms with Crippen molar-refractivity contribution < 1.29 is 23.8 Å². The Hall–Kier alpha value is -2.08. The average Bonchev–Trinajstić information content (AvgIpc) is 2.95. The van der Waals surface area contributed by atoms with Crippen molar-refractivity contribution in [1.29, 1.82) is 0 Å². The highest BCUT2D eigenvalue weighted by molar-refractivity contribution is 5.72. The third-order valence-electron chi connectivity index (χ3n) is 7.10. The van der Waals surface area contributed by atoms with E-state index >= 15 is 0 Å². The van der Waals surface area contributed by atoms with Gasteiger partial charge in [0.25, 0.3) is 0 Å². The fourth-order valence-corrected chi connectivity index (χ4v) is 6.25. The van der Waals surface area contributed by atoms with Crippen LogP contribution >= 0.6 is 0 Å². The van der Waals surface area contributed by atoms with Gasteiger partial charge in [0.1, 0.15) is 12.2 Å². The molecule has 2 bridgehead atoms. The number of nitrogens with zero attached hydrogens (tertiary/aromatic N) is 1. The number of likely N-dealkylation sites (N-methyl/N-ethyl adjacent to an activating group) is 1. The first-order valence-electron chi connectivity index (χ1n) is 9.80. The first-order valence-corrected chi connectivity index (χ1v) is 9.80. The maximum Gasteiger partial charge on any atom is 0.308 e. The predicted octanol–water partition coefficient (Wildman–Crippen LogP) is 2.21. The topological polar surface area (TPSA) is 65.1 Å². The van der Waals surface area contributed by atoms with Crippen LogP contribution in [-0.2, 0) is 26.2 Å². The standard InChI is InChI=1S/C21H25NO5/c1-11(23)25-16-6-4-13-10-15-14-5-7-17(26-12(2)24)20-21(14,8-9-22(15)3)18(13)19(16)27-20/h4,6,14-15,17,20H,5,7-10H2,1-3H3/t14-,15+,17?,20?,21-/m0/s1. The molecule has 0 amide bonds. The fourth-order valence-electron chi connectivity index (χ4n) is 6.25. The molecule has 1 aromatic rings. The maximum absolute atomic E-state index is 11.7. The fraction of sp³-hybridized carbons (Fsp3) is 0.619. The van der Waals surface area contributed by atoms with Gasteiger partial charge in [0.2, 0.25) is 0 Å². The molecule has 2 aliphatic heterocycles. The van der Waals surface area contributed by atoms with Crippen molar-refractivity contribution in [2.45, 2.75) is 63.2 Å². The Bertz CT molecular complexity index is 836. The molecule has 0 aromatic heterocycles. The van der Waals surface area contributed by atoms with Crippen molar-refractivity contribution in [1.82, 2.24) is 4.90 Å². The molecule has 1 aromatic carbocycles. The van der Waals surface area contributed by atoms with Crippen molar-refractivity contribution in [3.63, 3.8) is 0 Å². The number of esters is 2. The van der Waals surface area contributed by atoms with E-state index in [4.69, 9.17) is 14.2 Å². The van der Waals surface area contributed by atoms with Gasteiger partial charge >= 0.3 is 11.9 Å². The number of hydrogen-bond donors (Lipinski definition) is 0. The second-order valence-corrected chi connectivity index (χ2v) is 8.43. The zero-order valence-corrected chi connectivity index (χ0v) is 16.0. The molecule has 0 N–H and O–H groups in total. The number of carbonyl (C=O) groups excluding carboxylic acids is 2. The highest BCUT2D eigenvalue weighted by Gasteiger charge is 2.66. The van der Waals surface area contributed by atoms with Crippen LogP contribution in [0, 0.1) is 5.92 Å². The van der Waals surface area contributed by atoms with Crippen LogP contribution in [0.25, 0.3) is 0 Å². The van der Waals surface area contributed by atoms with E-state index in [0.717, 1.165) is 32.2 Å². The lowest BCUT2D eigenvalue weighted by molar-refractivity contribution is -0.163. The van der Waals surface area contributed by atoms with Crippen molar-refractivity contribution >= 4 is 11.9 Å². The number of hydrogen-bond acceptors (Lipinski definition) is 6. The Morgan fingerprint density at radius 1 is 1.22 bits per heavy atom. The molecule has 144 valence electrons. The molecule has 4 aliphatic rings. The zero-order valence-electron chi connectivity index (χ0n) is 16.0. The lowest BCUT2D eigenvalue weighted by atomic mass is 9.51. The van der Waals surface area contributed by atoms with E-state index in [0.29, 0.717) is 23.5 Å². The van der Waals surface area contributed by atoms with Gasteiger partial charge < -0.3 is 19.1 Å². The van der Waals surface area contributed by atoms with Gasteiger partial charge in [0.15, 0.2) is 11.5 Å². The van der Waals surface area contributed by atoms with Crippen LogP contribution in [0.2, 0.25) is 0 Å². The van der Waals surface area contributed by atoms with Crippen LogP contribution in [0.3, 0.4) is 0 Å². The summed E-state index contributed by atoms with van der Waals surface area (Å²) >= 11 is 0. The molecule has 1 spiro atoms. The minimum absolute atomic E-state index is 0.158. The van der Waals surface area contributed by atoms with E-state index in [-0.39, 0.29) is 29.6 Å². The summed E-state index contributed by atoms with van der Waals surface area (Å²) in [7, 11) is 2.21. The van der Waals surface area contributed by atoms with E-state index in [1.54, 1.807) is 0 Å². The highest BCUT2D eigenvalue weighted by Crippen LogP contribution is 2.64. The molecule has 6 heteroatoms. The van der Waals surface area contributed by atoms with Gasteiger partial charge in [-0.2, -0.15) is 0 Å². The summed E-state index contributed by atoms with van der Waals surface area (Å²) in [5, 5.41) is 0. The van der Waals surface area contributed by atoms with E-state index in [1.165, 1.54) is 25.0 Å². The van der Waals surface area contributed by atoms with Gasteiger partial charge in [0.05, 0.1) is 0 Å². The minimum Gasteiger partial charge on any atom is -0.481 e. The molecule has 27 heavy (non-hydrogen) atoms. The SMILES string of the molecule is CC(=O)Oc1ccc2c3c1OC1C(OC(C)=O)CC[C@H]4[C@@H](C2)N(C)CC[C@]314. The molecule has 6 nitrogen and oxygen atoms in total. The van der Waals surface area contributed by atoms with Gasteiger partial charge in [-0.3, -0.25) is 9.59 Å². The molecular weight excluding hydrogens is 346 g/mol. The Labute approximate surface area is 158 Å². The minimum atomic E-state index is -0.354. The molecule has 2 heterocycles. The second kappa shape index (κ2) is 5.71. The molecule has 2 aliphatic carbocycles. The van der Waals surface area contributed by atoms with Crippen LogP contribution < -0.4 is 9.47 Å². The van der Waals surface area contributed by atoms with Crippen LogP contribution in [0.15, 0.2) is 12.1 Å². The van der Waals surface area contributed by atoms with Gasteiger partial charge in [-0.1, -0.05) is 6.07 Å². The molecule has 1 saturated heterocycles. The van der Waals surface area contributed by atoms with E-state index < -0.39 is 0 Å². The molecule has 5 atom stereocenters. The quantitative estimate of drug-likeness (QED) is 0.587. The summed E-state index contributed by atoms with van der Waals surface area (Å²) in [6, 6.07) is 4.41. The first kappa shape index (κ1) is 17.0. The molecule has 2 fully saturated rings. The Morgan fingerprint density at radius 3 is 2.78 bits per heavy atom. The lowest BCUT2D eigenvalue weighted by Crippen LogP contribution is -2.66. The first-order chi connectivity index (χ1) is 12.9. The summed E-state index contributed by atoms with van der Waals surface area (Å²) in [6.07, 6.45) is 3.32. The molecule has 0 radical (unpaired) electrons. The van der Waals surface area contributed by atoms with Crippen molar-refractivity contribution in [3.8, 4) is 11.5 Å². The summed E-state index contributed by atoms with van der Waals surface area (Å²) < 4.78 is 17.7. The summed E-state index contributed by atoms with van der Waals surface area (Å²) in [6.45, 7) is 3.85. The van der Waals surface area contributed by atoms with Crippen LogP contribution in [-0.4, -0.2) is 48.7 Å². The van der Waals surface area contributed by atoms with E-state index in [9.17, 15) is 9.59 Å². The predicted molar refractivity (Wildman–Crippen MR) is 96.9 cm³/mol. The van der Waals surface area contributed by atoms with Crippen LogP contribution in [0.5, 0.6) is 11.5 Å². The summed E-state index contributed by atoms with van der Waals surface area (Å²) in [4.78, 5) is 25.8. The number of benzene rings is 1. The average molecular weight is 371 g/mol. The third kappa shape index (κ3) is 2.22. The van der Waals surface area contributed by atoms with Crippen molar-refractivity contribution in [2.24, 2.45) is 5.92 Å². The third-order valence-corrected chi connectivity index (χ3v) is 7.10. The Kier molecular flexibility index (Phi) is 3.60. The normalized spacial score (nSPS) is 35.8. The number of carbonyl (C=O) groups is 2. The molecule has 1 saturated carbocycles. The summed E-state index contributed by atoms with van der Waals surface area (Å²) in [5.41, 5.74) is 2.33. The number of rotatable bonds is 2. The largest absolute Gasteiger partial charge is 0.481 e. The van der Waals surface area contributed by atoms with Crippen molar-refractivity contribution in [2.75, 3.05) is 13.6 Å². The molecule has 2 unspecified atom stereocenters. The Morgan fingerprint density at radius 2 is 2.04 bits per heavy atom. The number of piperidine rings is 1. The zero-order chi connectivity index (χ0) is 18.9. The lowest BCUT2D eigenvalue weighted by Gasteiger charge is -2.58. The van der Waals surface area contributed by atoms with E-state index in [2.05, 4.69) is 18.0 Å². The molecule has 5 rings (SSSR count). The van der Waals surface area contributed by atoms with Gasteiger partial charge in [-0.25, -0.2) is 0 Å². The molecular formula is C21H25NO5. The second-order valence-electron chi connectivity index (χ2n) is 8.43.